The number of hydrogen-bond donors (Lipinski definition) is 2. The van der Waals surface area contributed by atoms with Crippen LogP contribution in [-0.4, -0.2) is 35.6 Å². The number of amides is 2. The molecule has 3 aromatic rings. The van der Waals surface area contributed by atoms with E-state index in [1.54, 1.807) is 15.7 Å². The van der Waals surface area contributed by atoms with Gasteiger partial charge in [0.15, 0.2) is 0 Å². The lowest BCUT2D eigenvalue weighted by atomic mass is 10.2. The number of nitrogens with zero attached hydrogens (tertiary/aromatic N) is 6. The molecule has 0 unspecified atom stereocenters. The minimum atomic E-state index is -0.295. The second-order valence-electron chi connectivity index (χ2n) is 5.55. The lowest BCUT2D eigenvalue weighted by Gasteiger charge is -2.15. The minimum absolute atomic E-state index is 0.249. The number of carbonyl (C=O) groups excluding carboxylic acids is 1. The van der Waals surface area contributed by atoms with E-state index in [-0.39, 0.29) is 12.1 Å². The molecular formula is C16H20N8O. The van der Waals surface area contributed by atoms with Gasteiger partial charge in [0.25, 0.3) is 0 Å². The van der Waals surface area contributed by atoms with E-state index >= 15 is 0 Å². The Morgan fingerprint density at radius 2 is 2.16 bits per heavy atom. The molecule has 0 fully saturated rings. The summed E-state index contributed by atoms with van der Waals surface area (Å²) in [6.07, 6.45) is 4.63. The Bertz CT molecular complexity index is 826. The molecule has 1 aromatic carbocycles. The first-order valence-corrected chi connectivity index (χ1v) is 8.02. The predicted octanol–water partition coefficient (Wildman–Crippen LogP) is 1.82. The third-order valence-corrected chi connectivity index (χ3v) is 3.68. The molecule has 0 radical (unpaired) electrons. The lowest BCUT2D eigenvalue weighted by molar-refractivity contribution is 0.248. The number of hydrogen-bond acceptors (Lipinski definition) is 5. The van der Waals surface area contributed by atoms with Crippen LogP contribution in [0.1, 0.15) is 31.3 Å². The van der Waals surface area contributed by atoms with Crippen LogP contribution < -0.4 is 10.6 Å². The number of aromatic nitrogens is 6. The number of carbonyl (C=O) groups is 1. The Balaban J connectivity index is 1.61. The average molecular weight is 340 g/mol. The van der Waals surface area contributed by atoms with Crippen LogP contribution in [0.15, 0.2) is 43.2 Å². The SMILES string of the molecule is CCn1ncnc1[C@@H](C)NC(=O)Nc1cccc(Cn2cncn2)c1. The average Bonchev–Trinajstić information content (AvgIpc) is 3.26. The molecule has 9 nitrogen and oxygen atoms in total. The van der Waals surface area contributed by atoms with Crippen LogP contribution >= 0.6 is 0 Å². The van der Waals surface area contributed by atoms with Crippen molar-refractivity contribution in [3.63, 3.8) is 0 Å². The van der Waals surface area contributed by atoms with Gasteiger partial charge in [-0.2, -0.15) is 10.2 Å². The molecular weight excluding hydrogens is 320 g/mol. The summed E-state index contributed by atoms with van der Waals surface area (Å²) < 4.78 is 3.47. The van der Waals surface area contributed by atoms with E-state index in [0.717, 1.165) is 11.4 Å². The molecule has 0 bridgehead atoms. The van der Waals surface area contributed by atoms with Gasteiger partial charge in [-0.05, 0) is 31.5 Å². The summed E-state index contributed by atoms with van der Waals surface area (Å²) in [4.78, 5) is 20.4. The first kappa shape index (κ1) is 16.6. The maximum absolute atomic E-state index is 12.2. The van der Waals surface area contributed by atoms with Crippen molar-refractivity contribution < 1.29 is 4.79 Å². The molecule has 0 aliphatic rings. The van der Waals surface area contributed by atoms with E-state index in [4.69, 9.17) is 0 Å². The number of benzene rings is 1. The second kappa shape index (κ2) is 7.56. The summed E-state index contributed by atoms with van der Waals surface area (Å²) in [5.74, 6) is 0.720. The third kappa shape index (κ3) is 4.19. The van der Waals surface area contributed by atoms with Gasteiger partial charge in [0.05, 0.1) is 12.6 Å². The van der Waals surface area contributed by atoms with Crippen molar-refractivity contribution in [2.24, 2.45) is 0 Å². The zero-order valence-electron chi connectivity index (χ0n) is 14.1. The molecule has 0 saturated carbocycles. The number of rotatable bonds is 6. The van der Waals surface area contributed by atoms with Gasteiger partial charge in [-0.3, -0.25) is 0 Å². The Morgan fingerprint density at radius 3 is 2.92 bits per heavy atom. The highest BCUT2D eigenvalue weighted by Crippen LogP contribution is 2.13. The molecule has 25 heavy (non-hydrogen) atoms. The zero-order valence-corrected chi connectivity index (χ0v) is 14.1. The van der Waals surface area contributed by atoms with Crippen LogP contribution in [0.4, 0.5) is 10.5 Å². The maximum Gasteiger partial charge on any atom is 0.319 e. The highest BCUT2D eigenvalue weighted by molar-refractivity contribution is 5.89. The zero-order chi connectivity index (χ0) is 17.6. The molecule has 0 aliphatic heterocycles. The Morgan fingerprint density at radius 1 is 1.28 bits per heavy atom. The van der Waals surface area contributed by atoms with Crippen molar-refractivity contribution in [2.75, 3.05) is 5.32 Å². The van der Waals surface area contributed by atoms with Crippen molar-refractivity contribution in [3.8, 4) is 0 Å². The van der Waals surface area contributed by atoms with Crippen molar-refractivity contribution in [1.29, 1.82) is 0 Å². The van der Waals surface area contributed by atoms with Gasteiger partial charge in [-0.25, -0.2) is 24.1 Å². The highest BCUT2D eigenvalue weighted by Gasteiger charge is 2.15. The monoisotopic (exact) mass is 340 g/mol. The fraction of sp³-hybridized carbons (Fsp3) is 0.312. The summed E-state index contributed by atoms with van der Waals surface area (Å²) in [6.45, 7) is 5.14. The molecule has 130 valence electrons. The van der Waals surface area contributed by atoms with Crippen LogP contribution in [0.2, 0.25) is 0 Å². The minimum Gasteiger partial charge on any atom is -0.328 e. The van der Waals surface area contributed by atoms with Crippen molar-refractivity contribution in [2.45, 2.75) is 33.0 Å². The molecule has 1 atom stereocenters. The smallest absolute Gasteiger partial charge is 0.319 e. The van der Waals surface area contributed by atoms with Gasteiger partial charge in [0, 0.05) is 12.2 Å². The van der Waals surface area contributed by atoms with Crippen LogP contribution in [0.5, 0.6) is 0 Å². The molecule has 0 spiro atoms. The third-order valence-electron chi connectivity index (χ3n) is 3.68. The predicted molar refractivity (Wildman–Crippen MR) is 91.8 cm³/mol. The number of urea groups is 1. The first-order valence-electron chi connectivity index (χ1n) is 8.02. The number of nitrogens with one attached hydrogen (secondary N) is 2. The highest BCUT2D eigenvalue weighted by atomic mass is 16.2. The van der Waals surface area contributed by atoms with E-state index in [2.05, 4.69) is 30.8 Å². The summed E-state index contributed by atoms with van der Waals surface area (Å²) >= 11 is 0. The van der Waals surface area contributed by atoms with Crippen LogP contribution in [0, 0.1) is 0 Å². The molecule has 3 rings (SSSR count). The molecule has 2 aromatic heterocycles. The lowest BCUT2D eigenvalue weighted by Crippen LogP contribution is -2.32. The van der Waals surface area contributed by atoms with E-state index < -0.39 is 0 Å². The quantitative estimate of drug-likeness (QED) is 0.712. The van der Waals surface area contributed by atoms with Gasteiger partial charge in [0.1, 0.15) is 24.8 Å². The molecule has 0 aliphatic carbocycles. The molecule has 2 amide bonds. The summed E-state index contributed by atoms with van der Waals surface area (Å²) in [5, 5.41) is 13.9. The molecule has 0 saturated heterocycles. The van der Waals surface area contributed by atoms with E-state index in [9.17, 15) is 4.79 Å². The molecule has 2 N–H and O–H groups in total. The number of anilines is 1. The van der Waals surface area contributed by atoms with E-state index in [0.29, 0.717) is 18.8 Å². The first-order chi connectivity index (χ1) is 12.2. The van der Waals surface area contributed by atoms with Gasteiger partial charge in [-0.1, -0.05) is 12.1 Å². The van der Waals surface area contributed by atoms with Gasteiger partial charge < -0.3 is 10.6 Å². The van der Waals surface area contributed by atoms with Gasteiger partial charge in [0.2, 0.25) is 0 Å². The van der Waals surface area contributed by atoms with Crippen LogP contribution in [0.25, 0.3) is 0 Å². The summed E-state index contributed by atoms with van der Waals surface area (Å²) in [7, 11) is 0. The largest absolute Gasteiger partial charge is 0.328 e. The molecule has 2 heterocycles. The standard InChI is InChI=1S/C16H20N8O/c1-3-24-15(18-10-20-24)12(2)21-16(25)22-14-6-4-5-13(7-14)8-23-11-17-9-19-23/h4-7,9-12H,3,8H2,1-2H3,(H2,21,22,25)/t12-/m1/s1. The second-order valence-corrected chi connectivity index (χ2v) is 5.55. The topological polar surface area (TPSA) is 103 Å². The van der Waals surface area contributed by atoms with Crippen molar-refractivity contribution in [1.82, 2.24) is 34.8 Å². The van der Waals surface area contributed by atoms with Gasteiger partial charge in [-0.15, -0.1) is 0 Å². The fourth-order valence-electron chi connectivity index (χ4n) is 2.53. The number of aryl methyl sites for hydroxylation is 1. The fourth-order valence-corrected chi connectivity index (χ4v) is 2.53. The summed E-state index contributed by atoms with van der Waals surface area (Å²) in [6, 6.07) is 7.05. The van der Waals surface area contributed by atoms with E-state index in [1.807, 2.05) is 38.1 Å². The maximum atomic E-state index is 12.2. The Labute approximate surface area is 145 Å². The van der Waals surface area contributed by atoms with Crippen LogP contribution in [-0.2, 0) is 13.1 Å². The summed E-state index contributed by atoms with van der Waals surface area (Å²) in [5.41, 5.74) is 1.72. The molecule has 9 heteroatoms. The van der Waals surface area contributed by atoms with E-state index in [1.165, 1.54) is 12.7 Å². The normalized spacial score (nSPS) is 11.9. The van der Waals surface area contributed by atoms with Crippen molar-refractivity contribution in [3.05, 3.63) is 54.6 Å². The van der Waals surface area contributed by atoms with Crippen molar-refractivity contribution >= 4 is 11.7 Å². The Kier molecular flexibility index (Phi) is 5.03. The van der Waals surface area contributed by atoms with Crippen LogP contribution in [0.3, 0.4) is 0 Å². The Hall–Kier alpha value is -3.23. The van der Waals surface area contributed by atoms with Gasteiger partial charge >= 0.3 is 6.03 Å².